The number of benzene rings is 2. The van der Waals surface area contributed by atoms with E-state index in [2.05, 4.69) is 65.2 Å². The molecule has 3 aliphatic heterocycles. The second-order valence-electron chi connectivity index (χ2n) is 30.0. The monoisotopic (exact) mass is 1140 g/mol. The molecule has 17 rings (SSSR count). The first-order chi connectivity index (χ1) is 39.2. The summed E-state index contributed by atoms with van der Waals surface area (Å²) in [5.74, 6) is 8.90. The molecule has 10 saturated carbocycles. The van der Waals surface area contributed by atoms with Gasteiger partial charge in [0.05, 0.1) is 35.9 Å². The molecule has 26 atom stereocenters. The molecule has 12 aliphatic carbocycles. The van der Waals surface area contributed by atoms with Crippen molar-refractivity contribution in [2.45, 2.75) is 195 Å². The van der Waals surface area contributed by atoms with Crippen molar-refractivity contribution in [2.24, 2.45) is 98.6 Å². The van der Waals surface area contributed by atoms with Crippen LogP contribution in [0.5, 0.6) is 0 Å². The Morgan fingerprint density at radius 1 is 0.802 bits per heavy atom. The maximum atomic E-state index is 15.9. The van der Waals surface area contributed by atoms with Crippen LogP contribution in [-0.4, -0.2) is 104 Å². The predicted molar refractivity (Wildman–Crippen MR) is 312 cm³/mol. The van der Waals surface area contributed by atoms with Crippen LogP contribution in [0.1, 0.15) is 157 Å². The third kappa shape index (κ3) is 6.78. The van der Waals surface area contributed by atoms with Gasteiger partial charge in [0.2, 0.25) is 0 Å². The maximum Gasteiger partial charge on any atom is 0.331 e. The highest BCUT2D eigenvalue weighted by molar-refractivity contribution is 8.76. The number of ether oxygens (including phenoxy) is 2. The molecule has 6 N–H and O–H groups in total. The van der Waals surface area contributed by atoms with E-state index in [0.717, 1.165) is 91.4 Å². The van der Waals surface area contributed by atoms with Crippen molar-refractivity contribution in [3.8, 4) is 11.8 Å². The van der Waals surface area contributed by atoms with Crippen LogP contribution in [0.4, 0.5) is 0 Å². The van der Waals surface area contributed by atoms with E-state index in [0.29, 0.717) is 92.8 Å². The number of aliphatic hydroxyl groups is 5. The molecule has 3 heterocycles. The van der Waals surface area contributed by atoms with Crippen molar-refractivity contribution >= 4 is 33.8 Å². The Hall–Kier alpha value is -2.70. The zero-order valence-corrected chi connectivity index (χ0v) is 49.3. The normalized spacial score (nSPS) is 53.2. The van der Waals surface area contributed by atoms with Gasteiger partial charge in [0.25, 0.3) is 0 Å². The molecule has 12 fully saturated rings. The van der Waals surface area contributed by atoms with Crippen molar-refractivity contribution in [1.82, 2.24) is 5.32 Å². The Bertz CT molecular complexity index is 2980. The van der Waals surface area contributed by atoms with Crippen LogP contribution in [-0.2, 0) is 32.1 Å². The van der Waals surface area contributed by atoms with Gasteiger partial charge in [-0.15, -0.1) is 0 Å². The molecule has 0 aromatic heterocycles. The summed E-state index contributed by atoms with van der Waals surface area (Å²) in [6.07, 6.45) is 16.0. The number of rotatable bonds is 4. The second-order valence-corrected chi connectivity index (χ2v) is 32.5. The number of aliphatic hydroxyl groups excluding tert-OH is 2. The number of likely N-dealkylation sites (N-methyl/N-ethyl adjacent to an activating group) is 1. The van der Waals surface area contributed by atoms with Crippen LogP contribution in [0.25, 0.3) is 0 Å². The molecule has 2 aromatic rings. The summed E-state index contributed by atoms with van der Waals surface area (Å²) in [5.41, 5.74) is -3.97. The van der Waals surface area contributed by atoms with Crippen LogP contribution >= 0.6 is 21.6 Å². The summed E-state index contributed by atoms with van der Waals surface area (Å²) in [4.78, 5) is 29.9. The number of carbonyl (C=O) groups excluding carboxylic acids is 2. The molecule has 81 heavy (non-hydrogen) atoms. The van der Waals surface area contributed by atoms with Crippen molar-refractivity contribution in [2.75, 3.05) is 18.6 Å². The van der Waals surface area contributed by atoms with Gasteiger partial charge in [0.15, 0.2) is 0 Å². The van der Waals surface area contributed by atoms with Crippen LogP contribution in [0.2, 0.25) is 0 Å². The quantitative estimate of drug-likeness (QED) is 0.0745. The van der Waals surface area contributed by atoms with Gasteiger partial charge >= 0.3 is 5.97 Å². The summed E-state index contributed by atoms with van der Waals surface area (Å²) in [6.45, 7) is 2.32. The molecular formula is C69H87NO9S2. The fraction of sp³-hybridized carbons (Fsp3) is 0.739. The highest BCUT2D eigenvalue weighted by atomic mass is 33.1. The van der Waals surface area contributed by atoms with Crippen LogP contribution in [0.15, 0.2) is 60.2 Å². The molecular weight excluding hydrogens is 1050 g/mol. The molecule has 26 unspecified atom stereocenters. The summed E-state index contributed by atoms with van der Waals surface area (Å²) < 4.78 is 14.5. The molecule has 10 nitrogen and oxygen atoms in total. The Morgan fingerprint density at radius 2 is 1.60 bits per heavy atom. The topological polar surface area (TPSA) is 166 Å². The van der Waals surface area contributed by atoms with Gasteiger partial charge in [0, 0.05) is 70.1 Å². The predicted octanol–water partition coefficient (Wildman–Crippen LogP) is 9.75. The lowest BCUT2D eigenvalue weighted by Gasteiger charge is -2.78. The molecule has 2 aromatic carbocycles. The van der Waals surface area contributed by atoms with Crippen LogP contribution < -0.4 is 5.32 Å². The Kier molecular flexibility index (Phi) is 12.5. The third-order valence-electron chi connectivity index (χ3n) is 28.4. The average Bonchev–Trinajstić information content (AvgIpc) is 1.66. The zero-order valence-electron chi connectivity index (χ0n) is 47.7. The van der Waals surface area contributed by atoms with Gasteiger partial charge in [-0.1, -0.05) is 82.8 Å². The molecule has 3 spiro atoms. The highest BCUT2D eigenvalue weighted by Gasteiger charge is 2.90. The Labute approximate surface area is 487 Å². The van der Waals surface area contributed by atoms with Gasteiger partial charge in [-0.05, 0) is 222 Å². The summed E-state index contributed by atoms with van der Waals surface area (Å²) in [6, 6.07) is 16.9. The van der Waals surface area contributed by atoms with E-state index < -0.39 is 63.0 Å². The minimum absolute atomic E-state index is 0.0334. The lowest BCUT2D eigenvalue weighted by atomic mass is 9.29. The standard InChI is InChI=1S/C69H87NO9S2/c1-38-42-15-14-39(25-42)34-80-81-35-56-48-19-23-63-22-18-44(40-9-4-3-5-10-40)26-47(63)29-53(48)66(63)36-65(37-72)57-20-24-64-21-7-6-11-41-12-8-13-45(33-71)49(41)30-55(70-2)50-27-46(59(64)51-31-58(73)79-60(50)51)32-67(64,75)69(57,77)61(74)54-28-43(38)16-17-52(62(66)78-56)68(54,65)76/h3-5,8-10,12-13,31,37-39,42-44,46-48,50,52-57,59-62,70-71,74-77H,7,14-30,32-36H2,1-2H3. The van der Waals surface area contributed by atoms with E-state index in [9.17, 15) is 15.0 Å². The number of esters is 1. The first kappa shape index (κ1) is 53.7. The number of aldehydes is 1. The van der Waals surface area contributed by atoms with E-state index in [-0.39, 0.29) is 66.3 Å². The molecule has 12 heteroatoms. The van der Waals surface area contributed by atoms with E-state index in [1.807, 2.05) is 36.0 Å². The number of fused-ring (bicyclic) bond motifs is 12. The summed E-state index contributed by atoms with van der Waals surface area (Å²) in [5, 5.41) is 74.1. The zero-order chi connectivity index (χ0) is 55.2. The minimum atomic E-state index is -2.20. The lowest BCUT2D eigenvalue weighted by Crippen LogP contribution is -2.88. The van der Waals surface area contributed by atoms with Crippen molar-refractivity contribution in [3.63, 3.8) is 0 Å². The number of carbonyl (C=O) groups is 2. The number of hydrogen-bond acceptors (Lipinski definition) is 12. The second kappa shape index (κ2) is 18.9. The van der Waals surface area contributed by atoms with Gasteiger partial charge in [-0.25, -0.2) is 4.79 Å². The van der Waals surface area contributed by atoms with E-state index >= 15 is 20.1 Å². The lowest BCUT2D eigenvalue weighted by molar-refractivity contribution is -0.404. The molecule has 14 bridgehead atoms. The highest BCUT2D eigenvalue weighted by Crippen LogP contribution is 2.86. The first-order valence-electron chi connectivity index (χ1n) is 32.3. The van der Waals surface area contributed by atoms with E-state index in [4.69, 9.17) is 9.47 Å². The number of hydrogen-bond donors (Lipinski definition) is 6. The molecule has 0 amide bonds. The van der Waals surface area contributed by atoms with Crippen LogP contribution in [0, 0.1) is 110 Å². The van der Waals surface area contributed by atoms with Gasteiger partial charge in [-0.2, -0.15) is 0 Å². The Balaban J connectivity index is 0.893. The first-order valence-corrected chi connectivity index (χ1v) is 34.8. The average molecular weight is 1140 g/mol. The van der Waals surface area contributed by atoms with Gasteiger partial charge in [0.1, 0.15) is 23.6 Å². The van der Waals surface area contributed by atoms with Crippen molar-refractivity contribution in [3.05, 3.63) is 82.4 Å². The third-order valence-corrected chi connectivity index (χ3v) is 30.9. The SMILES string of the molecule is CNC1Cc2c(cccc2CO)C#CCCC23CCC4C5(C=O)CC67C8CC9CC(c%10ccccc%10)CCC96CCC8C6CSSCC8CCC(C8)C(C)C8CCC(C7O6)C5(O)C(C8)C(O)C4(O)C2(O)CC2CC1C1OC(=O)C=C1C23. The minimum Gasteiger partial charge on any atom is -0.454 e. The van der Waals surface area contributed by atoms with Crippen molar-refractivity contribution < 1.29 is 44.6 Å². The molecule has 434 valence electrons. The fourth-order valence-electron chi connectivity index (χ4n) is 25.5. The molecule has 2 saturated heterocycles. The van der Waals surface area contributed by atoms with Gasteiger partial charge < -0.3 is 45.1 Å². The summed E-state index contributed by atoms with van der Waals surface area (Å²) >= 11 is 0. The number of nitrogens with one attached hydrogen (secondary N) is 1. The molecule has 15 aliphatic rings. The summed E-state index contributed by atoms with van der Waals surface area (Å²) in [7, 11) is 6.03. The van der Waals surface area contributed by atoms with Gasteiger partial charge in [-0.3, -0.25) is 0 Å². The largest absolute Gasteiger partial charge is 0.454 e. The van der Waals surface area contributed by atoms with E-state index in [1.54, 1.807) is 6.08 Å². The maximum absolute atomic E-state index is 15.9. The van der Waals surface area contributed by atoms with Crippen LogP contribution in [0.3, 0.4) is 0 Å². The Morgan fingerprint density at radius 3 is 2.43 bits per heavy atom. The van der Waals surface area contributed by atoms with Crippen molar-refractivity contribution in [1.29, 1.82) is 0 Å². The molecule has 0 radical (unpaired) electrons. The van der Waals surface area contributed by atoms with E-state index in [1.165, 1.54) is 24.8 Å². The smallest absolute Gasteiger partial charge is 0.331 e. The fourth-order valence-corrected chi connectivity index (χ4v) is 28.2.